The van der Waals surface area contributed by atoms with Gasteiger partial charge in [-0.05, 0) is 30.9 Å². The highest BCUT2D eigenvalue weighted by Gasteiger charge is 2.24. The molecule has 0 saturated carbocycles. The predicted molar refractivity (Wildman–Crippen MR) is 95.7 cm³/mol. The van der Waals surface area contributed by atoms with E-state index in [9.17, 15) is 4.79 Å². The van der Waals surface area contributed by atoms with Crippen LogP contribution in [0, 0.1) is 6.92 Å². The quantitative estimate of drug-likeness (QED) is 0.839. The molecular weight excluding hydrogens is 298 g/mol. The molecule has 0 aliphatic carbocycles. The molecule has 2 aromatic carbocycles. The van der Waals surface area contributed by atoms with Gasteiger partial charge in [-0.2, -0.15) is 0 Å². The predicted octanol–water partition coefficient (Wildman–Crippen LogP) is 3.75. The average molecular weight is 323 g/mol. The van der Waals surface area contributed by atoms with Gasteiger partial charge in [0.2, 0.25) is 5.91 Å². The molecule has 1 aliphatic rings. The zero-order valence-corrected chi connectivity index (χ0v) is 14.3. The van der Waals surface area contributed by atoms with Crippen molar-refractivity contribution in [1.82, 2.24) is 4.90 Å². The van der Waals surface area contributed by atoms with Gasteiger partial charge in [0.25, 0.3) is 0 Å². The lowest BCUT2D eigenvalue weighted by molar-refractivity contribution is -0.134. The standard InChI is InChI=1S/C21H25NO2/c1-17-9-11-19(12-10-17)16-24-20-8-5-13-22(15-20)21(23)14-18-6-3-2-4-7-18/h2-4,6-7,9-12,20H,5,8,13-16H2,1H3/t20-/m1/s1. The SMILES string of the molecule is Cc1ccc(CO[C@@H]2CCCN(C(=O)Cc3ccccc3)C2)cc1. The van der Waals surface area contributed by atoms with Gasteiger partial charge in [0.15, 0.2) is 0 Å². The second kappa shape index (κ2) is 8.11. The van der Waals surface area contributed by atoms with E-state index >= 15 is 0 Å². The summed E-state index contributed by atoms with van der Waals surface area (Å²) in [5, 5.41) is 0. The van der Waals surface area contributed by atoms with Gasteiger partial charge in [-0.15, -0.1) is 0 Å². The Bertz CT molecular complexity index is 651. The molecule has 0 spiro atoms. The number of amides is 1. The van der Waals surface area contributed by atoms with Crippen LogP contribution in [0.3, 0.4) is 0 Å². The number of carbonyl (C=O) groups excluding carboxylic acids is 1. The summed E-state index contributed by atoms with van der Waals surface area (Å²) in [6.07, 6.45) is 2.66. The number of rotatable bonds is 5. The largest absolute Gasteiger partial charge is 0.372 e. The fourth-order valence-electron chi connectivity index (χ4n) is 3.08. The highest BCUT2D eigenvalue weighted by atomic mass is 16.5. The maximum atomic E-state index is 12.5. The molecule has 3 heteroatoms. The lowest BCUT2D eigenvalue weighted by Gasteiger charge is -2.33. The number of piperidine rings is 1. The number of hydrogen-bond donors (Lipinski definition) is 0. The highest BCUT2D eigenvalue weighted by Crippen LogP contribution is 2.17. The fraction of sp³-hybridized carbons (Fsp3) is 0.381. The molecule has 0 unspecified atom stereocenters. The van der Waals surface area contributed by atoms with Crippen molar-refractivity contribution in [3.05, 3.63) is 71.3 Å². The molecule has 0 aromatic heterocycles. The molecule has 0 bridgehead atoms. The number of hydrogen-bond acceptors (Lipinski definition) is 2. The maximum absolute atomic E-state index is 12.5. The minimum Gasteiger partial charge on any atom is -0.372 e. The van der Waals surface area contributed by atoms with Crippen LogP contribution in [-0.2, 0) is 22.6 Å². The van der Waals surface area contributed by atoms with Crippen LogP contribution in [0.1, 0.15) is 29.5 Å². The van der Waals surface area contributed by atoms with Crippen molar-refractivity contribution in [2.45, 2.75) is 38.9 Å². The van der Waals surface area contributed by atoms with E-state index < -0.39 is 0 Å². The fourth-order valence-corrected chi connectivity index (χ4v) is 3.08. The smallest absolute Gasteiger partial charge is 0.227 e. The maximum Gasteiger partial charge on any atom is 0.227 e. The second-order valence-corrected chi connectivity index (χ2v) is 6.56. The number of aryl methyl sites for hydroxylation is 1. The molecule has 2 aromatic rings. The lowest BCUT2D eigenvalue weighted by Crippen LogP contribution is -2.43. The number of carbonyl (C=O) groups is 1. The first kappa shape index (κ1) is 16.7. The third-order valence-electron chi connectivity index (χ3n) is 4.54. The third-order valence-corrected chi connectivity index (χ3v) is 4.54. The minimum atomic E-state index is 0.139. The van der Waals surface area contributed by atoms with Crippen molar-refractivity contribution < 1.29 is 9.53 Å². The van der Waals surface area contributed by atoms with Gasteiger partial charge in [0.05, 0.1) is 19.1 Å². The first-order valence-electron chi connectivity index (χ1n) is 8.69. The van der Waals surface area contributed by atoms with Crippen LogP contribution in [0.25, 0.3) is 0 Å². The van der Waals surface area contributed by atoms with Gasteiger partial charge in [-0.25, -0.2) is 0 Å². The van der Waals surface area contributed by atoms with Gasteiger partial charge in [0, 0.05) is 13.1 Å². The molecule has 1 saturated heterocycles. The Kier molecular flexibility index (Phi) is 5.65. The second-order valence-electron chi connectivity index (χ2n) is 6.56. The van der Waals surface area contributed by atoms with E-state index in [1.807, 2.05) is 35.2 Å². The van der Waals surface area contributed by atoms with E-state index in [1.54, 1.807) is 0 Å². The van der Waals surface area contributed by atoms with Gasteiger partial charge >= 0.3 is 0 Å². The van der Waals surface area contributed by atoms with Gasteiger partial charge < -0.3 is 9.64 Å². The molecule has 0 N–H and O–H groups in total. The number of nitrogens with zero attached hydrogens (tertiary/aromatic N) is 1. The Balaban J connectivity index is 1.50. The summed E-state index contributed by atoms with van der Waals surface area (Å²) in [5.74, 6) is 0.199. The van der Waals surface area contributed by atoms with Crippen LogP contribution in [-0.4, -0.2) is 30.0 Å². The molecule has 3 nitrogen and oxygen atoms in total. The number of ether oxygens (including phenoxy) is 1. The Labute approximate surface area is 144 Å². The highest BCUT2D eigenvalue weighted by molar-refractivity contribution is 5.78. The van der Waals surface area contributed by atoms with E-state index in [-0.39, 0.29) is 12.0 Å². The van der Waals surface area contributed by atoms with E-state index in [0.717, 1.165) is 24.9 Å². The van der Waals surface area contributed by atoms with Crippen molar-refractivity contribution in [3.8, 4) is 0 Å². The zero-order valence-electron chi connectivity index (χ0n) is 14.3. The van der Waals surface area contributed by atoms with E-state index in [2.05, 4.69) is 31.2 Å². The van der Waals surface area contributed by atoms with Crippen molar-refractivity contribution >= 4 is 5.91 Å². The molecule has 126 valence electrons. The summed E-state index contributed by atoms with van der Waals surface area (Å²) in [5.41, 5.74) is 3.52. The van der Waals surface area contributed by atoms with Crippen LogP contribution in [0.15, 0.2) is 54.6 Å². The summed E-state index contributed by atoms with van der Waals surface area (Å²) >= 11 is 0. The Morgan fingerprint density at radius 3 is 2.58 bits per heavy atom. The molecular formula is C21H25NO2. The lowest BCUT2D eigenvalue weighted by atomic mass is 10.1. The van der Waals surface area contributed by atoms with Gasteiger partial charge in [0.1, 0.15) is 0 Å². The molecule has 0 radical (unpaired) electrons. The topological polar surface area (TPSA) is 29.5 Å². The van der Waals surface area contributed by atoms with E-state index in [1.165, 1.54) is 11.1 Å². The summed E-state index contributed by atoms with van der Waals surface area (Å²) in [6.45, 7) is 4.25. The van der Waals surface area contributed by atoms with Crippen LogP contribution in [0.5, 0.6) is 0 Å². The summed E-state index contributed by atoms with van der Waals surface area (Å²) in [7, 11) is 0. The first-order valence-corrected chi connectivity index (χ1v) is 8.69. The Morgan fingerprint density at radius 1 is 1.08 bits per heavy atom. The molecule has 1 amide bonds. The molecule has 1 heterocycles. The summed E-state index contributed by atoms with van der Waals surface area (Å²) < 4.78 is 6.05. The zero-order chi connectivity index (χ0) is 16.8. The number of benzene rings is 2. The Morgan fingerprint density at radius 2 is 1.83 bits per heavy atom. The van der Waals surface area contributed by atoms with Gasteiger partial charge in [-0.1, -0.05) is 60.2 Å². The molecule has 1 fully saturated rings. The molecule has 24 heavy (non-hydrogen) atoms. The summed E-state index contributed by atoms with van der Waals surface area (Å²) in [6, 6.07) is 18.4. The van der Waals surface area contributed by atoms with Crippen molar-refractivity contribution in [3.63, 3.8) is 0 Å². The monoisotopic (exact) mass is 323 g/mol. The van der Waals surface area contributed by atoms with E-state index in [0.29, 0.717) is 19.6 Å². The van der Waals surface area contributed by atoms with Crippen LogP contribution < -0.4 is 0 Å². The van der Waals surface area contributed by atoms with Crippen LogP contribution in [0.4, 0.5) is 0 Å². The molecule has 1 atom stereocenters. The third kappa shape index (κ3) is 4.68. The van der Waals surface area contributed by atoms with Crippen LogP contribution >= 0.6 is 0 Å². The van der Waals surface area contributed by atoms with Crippen molar-refractivity contribution in [2.75, 3.05) is 13.1 Å². The number of likely N-dealkylation sites (tertiary alicyclic amines) is 1. The van der Waals surface area contributed by atoms with Crippen molar-refractivity contribution in [2.24, 2.45) is 0 Å². The molecule has 1 aliphatic heterocycles. The van der Waals surface area contributed by atoms with Crippen LogP contribution in [0.2, 0.25) is 0 Å². The Hall–Kier alpha value is -2.13. The minimum absolute atomic E-state index is 0.139. The molecule has 3 rings (SSSR count). The average Bonchev–Trinajstić information content (AvgIpc) is 2.62. The van der Waals surface area contributed by atoms with Gasteiger partial charge in [-0.3, -0.25) is 4.79 Å². The van der Waals surface area contributed by atoms with Crippen molar-refractivity contribution in [1.29, 1.82) is 0 Å². The first-order chi connectivity index (χ1) is 11.7. The normalized spacial score (nSPS) is 17.7. The summed E-state index contributed by atoms with van der Waals surface area (Å²) in [4.78, 5) is 14.4. The van der Waals surface area contributed by atoms with E-state index in [4.69, 9.17) is 4.74 Å².